The van der Waals surface area contributed by atoms with Gasteiger partial charge in [-0.25, -0.2) is 4.98 Å². The second-order valence-corrected chi connectivity index (χ2v) is 8.91. The number of amides is 1. The number of piperazine rings is 1. The molecule has 4 rings (SSSR count). The maximum Gasteiger partial charge on any atom is 0.239 e. The molecule has 4 heterocycles. The number of imidazole rings is 1. The molecule has 0 spiro atoms. The van der Waals surface area contributed by atoms with Gasteiger partial charge in [-0.05, 0) is 39.4 Å². The Balaban J connectivity index is 1.55. The Bertz CT molecular complexity index is 1050. The van der Waals surface area contributed by atoms with Crippen LogP contribution in [-0.4, -0.2) is 67.6 Å². The molecular formula is C22H31N7O. The Morgan fingerprint density at radius 2 is 2.07 bits per heavy atom. The van der Waals surface area contributed by atoms with E-state index in [-0.39, 0.29) is 11.9 Å². The number of rotatable bonds is 5. The van der Waals surface area contributed by atoms with Gasteiger partial charge in [-0.2, -0.15) is 5.10 Å². The third-order valence-corrected chi connectivity index (χ3v) is 5.92. The van der Waals surface area contributed by atoms with Crippen molar-refractivity contribution >= 4 is 11.4 Å². The molecule has 1 aliphatic rings. The van der Waals surface area contributed by atoms with E-state index >= 15 is 0 Å². The van der Waals surface area contributed by atoms with Gasteiger partial charge in [-0.3, -0.25) is 14.4 Å². The third-order valence-electron chi connectivity index (χ3n) is 5.92. The van der Waals surface area contributed by atoms with E-state index in [9.17, 15) is 4.79 Å². The molecule has 1 aliphatic heterocycles. The van der Waals surface area contributed by atoms with Crippen LogP contribution in [0.5, 0.6) is 0 Å². The smallest absolute Gasteiger partial charge is 0.239 e. The van der Waals surface area contributed by atoms with Crippen LogP contribution in [0.4, 0.5) is 0 Å². The zero-order valence-corrected chi connectivity index (χ0v) is 18.5. The number of aryl methyl sites for hydroxylation is 2. The monoisotopic (exact) mass is 409 g/mol. The minimum Gasteiger partial charge on any atom is -0.343 e. The summed E-state index contributed by atoms with van der Waals surface area (Å²) in [7, 11) is 3.98. The second-order valence-electron chi connectivity index (χ2n) is 8.91. The van der Waals surface area contributed by atoms with E-state index in [2.05, 4.69) is 49.6 Å². The summed E-state index contributed by atoms with van der Waals surface area (Å²) in [6.07, 6.45) is 7.76. The molecule has 1 fully saturated rings. The van der Waals surface area contributed by atoms with Crippen LogP contribution in [-0.2, 0) is 23.9 Å². The van der Waals surface area contributed by atoms with Gasteiger partial charge in [-0.15, -0.1) is 0 Å². The van der Waals surface area contributed by atoms with Crippen LogP contribution >= 0.6 is 0 Å². The highest BCUT2D eigenvalue weighted by molar-refractivity contribution is 5.83. The minimum atomic E-state index is -0.604. The lowest BCUT2D eigenvalue weighted by Crippen LogP contribution is -2.60. The van der Waals surface area contributed by atoms with Crippen LogP contribution in [0.2, 0.25) is 0 Å². The minimum absolute atomic E-state index is 0.0276. The topological polar surface area (TPSA) is 70.7 Å². The molecule has 0 unspecified atom stereocenters. The molecule has 1 N–H and O–H groups in total. The SMILES string of the molecule is Cc1cccn2c(C(C)(C)NC(=O)[C@@H]3CN(C)CCN3Cc3cnn(C)c3)ncc12. The molecular weight excluding hydrogens is 378 g/mol. The second kappa shape index (κ2) is 7.85. The Labute approximate surface area is 177 Å². The van der Waals surface area contributed by atoms with Crippen molar-refractivity contribution in [2.45, 2.75) is 38.9 Å². The number of aromatic nitrogens is 4. The van der Waals surface area contributed by atoms with Crippen LogP contribution in [0.15, 0.2) is 36.9 Å². The van der Waals surface area contributed by atoms with Crippen molar-refractivity contribution in [2.24, 2.45) is 7.05 Å². The first-order valence-corrected chi connectivity index (χ1v) is 10.4. The van der Waals surface area contributed by atoms with Crippen LogP contribution in [0.1, 0.15) is 30.8 Å². The molecule has 0 aromatic carbocycles. The number of pyridine rings is 1. The lowest BCUT2D eigenvalue weighted by atomic mass is 10.0. The molecule has 8 heteroatoms. The molecule has 0 bridgehead atoms. The zero-order chi connectivity index (χ0) is 21.5. The Kier molecular flexibility index (Phi) is 5.38. The third kappa shape index (κ3) is 3.97. The number of nitrogens with one attached hydrogen (secondary N) is 1. The van der Waals surface area contributed by atoms with Crippen molar-refractivity contribution in [3.8, 4) is 0 Å². The van der Waals surface area contributed by atoms with Gasteiger partial charge >= 0.3 is 0 Å². The quantitative estimate of drug-likeness (QED) is 0.692. The molecule has 0 saturated carbocycles. The van der Waals surface area contributed by atoms with Gasteiger partial charge in [0.05, 0.1) is 23.4 Å². The molecule has 0 radical (unpaired) electrons. The highest BCUT2D eigenvalue weighted by Crippen LogP contribution is 2.23. The molecule has 8 nitrogen and oxygen atoms in total. The van der Waals surface area contributed by atoms with Crippen molar-refractivity contribution in [2.75, 3.05) is 26.7 Å². The summed E-state index contributed by atoms with van der Waals surface area (Å²) in [5.74, 6) is 0.859. The van der Waals surface area contributed by atoms with Gasteiger partial charge < -0.3 is 14.6 Å². The maximum atomic E-state index is 13.4. The molecule has 160 valence electrons. The van der Waals surface area contributed by atoms with Crippen LogP contribution in [0.25, 0.3) is 5.52 Å². The maximum absolute atomic E-state index is 13.4. The van der Waals surface area contributed by atoms with E-state index in [0.29, 0.717) is 13.1 Å². The van der Waals surface area contributed by atoms with Gasteiger partial charge in [0.2, 0.25) is 5.91 Å². The van der Waals surface area contributed by atoms with Gasteiger partial charge in [0, 0.05) is 51.2 Å². The molecule has 1 amide bonds. The molecule has 0 aliphatic carbocycles. The molecule has 3 aromatic heterocycles. The number of hydrogen-bond donors (Lipinski definition) is 1. The first kappa shape index (κ1) is 20.6. The molecule has 30 heavy (non-hydrogen) atoms. The molecule has 1 saturated heterocycles. The van der Waals surface area contributed by atoms with E-state index < -0.39 is 5.54 Å². The normalized spacial score (nSPS) is 18.8. The largest absolute Gasteiger partial charge is 0.343 e. The van der Waals surface area contributed by atoms with Gasteiger partial charge in [-0.1, -0.05) is 6.07 Å². The summed E-state index contributed by atoms with van der Waals surface area (Å²) in [6, 6.07) is 3.86. The number of carbonyl (C=O) groups excluding carboxylic acids is 1. The number of fused-ring (bicyclic) bond motifs is 1. The highest BCUT2D eigenvalue weighted by atomic mass is 16.2. The predicted molar refractivity (Wildman–Crippen MR) is 116 cm³/mol. The molecule has 1 atom stereocenters. The fraction of sp³-hybridized carbons (Fsp3) is 0.500. The van der Waals surface area contributed by atoms with Crippen molar-refractivity contribution in [1.82, 2.24) is 34.3 Å². The van der Waals surface area contributed by atoms with Crippen molar-refractivity contribution in [3.63, 3.8) is 0 Å². The summed E-state index contributed by atoms with van der Waals surface area (Å²) in [5, 5.41) is 7.53. The first-order valence-electron chi connectivity index (χ1n) is 10.4. The van der Waals surface area contributed by atoms with Crippen LogP contribution in [0, 0.1) is 6.92 Å². The molecule has 3 aromatic rings. The van der Waals surface area contributed by atoms with Gasteiger partial charge in [0.25, 0.3) is 0 Å². The van der Waals surface area contributed by atoms with E-state index in [4.69, 9.17) is 0 Å². The average Bonchev–Trinajstić information content (AvgIpc) is 3.30. The van der Waals surface area contributed by atoms with Gasteiger partial charge in [0.15, 0.2) is 0 Å². The summed E-state index contributed by atoms with van der Waals surface area (Å²) < 4.78 is 3.87. The van der Waals surface area contributed by atoms with E-state index in [1.165, 1.54) is 0 Å². The number of hydrogen-bond acceptors (Lipinski definition) is 5. The van der Waals surface area contributed by atoms with Crippen LogP contribution < -0.4 is 5.32 Å². The number of likely N-dealkylation sites (N-methyl/N-ethyl adjacent to an activating group) is 1. The number of carbonyl (C=O) groups is 1. The zero-order valence-electron chi connectivity index (χ0n) is 18.5. The van der Waals surface area contributed by atoms with Crippen molar-refractivity contribution < 1.29 is 4.79 Å². The highest BCUT2D eigenvalue weighted by Gasteiger charge is 2.36. The lowest BCUT2D eigenvalue weighted by Gasteiger charge is -2.40. The summed E-state index contributed by atoms with van der Waals surface area (Å²) in [5.41, 5.74) is 2.74. The standard InChI is InChI=1S/C22H31N7O/c1-16-7-6-8-29-18(16)12-23-21(29)22(2,3)25-20(30)19-15-26(4)9-10-28(19)14-17-11-24-27(5)13-17/h6-8,11-13,19H,9-10,14-15H2,1-5H3,(H,25,30)/t19-/m0/s1. The fourth-order valence-electron chi connectivity index (χ4n) is 4.26. The Morgan fingerprint density at radius 3 is 2.80 bits per heavy atom. The van der Waals surface area contributed by atoms with E-state index in [1.54, 1.807) is 4.68 Å². The summed E-state index contributed by atoms with van der Waals surface area (Å²) in [4.78, 5) is 22.5. The van der Waals surface area contributed by atoms with E-state index in [0.717, 1.165) is 35.6 Å². The van der Waals surface area contributed by atoms with Crippen molar-refractivity contribution in [1.29, 1.82) is 0 Å². The Hall–Kier alpha value is -2.71. The van der Waals surface area contributed by atoms with Crippen LogP contribution in [0.3, 0.4) is 0 Å². The lowest BCUT2D eigenvalue weighted by molar-refractivity contribution is -0.130. The first-order chi connectivity index (χ1) is 14.2. The number of nitrogens with zero attached hydrogens (tertiary/aromatic N) is 6. The van der Waals surface area contributed by atoms with Crippen molar-refractivity contribution in [3.05, 3.63) is 53.9 Å². The van der Waals surface area contributed by atoms with E-state index in [1.807, 2.05) is 51.7 Å². The van der Waals surface area contributed by atoms with Gasteiger partial charge in [0.1, 0.15) is 11.9 Å². The fourth-order valence-corrected chi connectivity index (χ4v) is 4.26. The Morgan fingerprint density at radius 1 is 1.27 bits per heavy atom. The predicted octanol–water partition coefficient (Wildman–Crippen LogP) is 1.54. The average molecular weight is 410 g/mol. The summed E-state index contributed by atoms with van der Waals surface area (Å²) in [6.45, 7) is 9.29. The summed E-state index contributed by atoms with van der Waals surface area (Å²) >= 11 is 0.